The van der Waals surface area contributed by atoms with Gasteiger partial charge in [0.15, 0.2) is 0 Å². The van der Waals surface area contributed by atoms with E-state index in [4.69, 9.17) is 11.6 Å². The van der Waals surface area contributed by atoms with Gasteiger partial charge in [-0.05, 0) is 54.4 Å². The van der Waals surface area contributed by atoms with Crippen LogP contribution in [0.1, 0.15) is 26.9 Å². The predicted molar refractivity (Wildman–Crippen MR) is 120 cm³/mol. The van der Waals surface area contributed by atoms with Crippen molar-refractivity contribution < 1.29 is 9.59 Å². The average molecular weight is 423 g/mol. The van der Waals surface area contributed by atoms with Crippen LogP contribution >= 0.6 is 23.4 Å². The van der Waals surface area contributed by atoms with Gasteiger partial charge in [0.05, 0.1) is 16.3 Å². The summed E-state index contributed by atoms with van der Waals surface area (Å²) in [4.78, 5) is 26.8. The van der Waals surface area contributed by atoms with Crippen LogP contribution in [0.4, 0.5) is 11.4 Å². The first-order valence-corrected chi connectivity index (χ1v) is 10.6. The first-order chi connectivity index (χ1) is 14.0. The Kier molecular flexibility index (Phi) is 5.60. The van der Waals surface area contributed by atoms with Gasteiger partial charge in [-0.15, -0.1) is 11.8 Å². The summed E-state index contributed by atoms with van der Waals surface area (Å²) in [5.74, 6) is 0.292. The molecule has 0 radical (unpaired) electrons. The Hall–Kier alpha value is -2.76. The molecule has 146 valence electrons. The Bertz CT molecular complexity index is 1070. The second-order valence-electron chi connectivity index (χ2n) is 6.82. The fraction of sp³-hybridized carbons (Fsp3) is 0.130. The van der Waals surface area contributed by atoms with Crippen LogP contribution in [0.15, 0.2) is 72.8 Å². The van der Waals surface area contributed by atoms with E-state index in [0.717, 1.165) is 16.8 Å². The molecule has 0 bridgehead atoms. The Morgan fingerprint density at radius 1 is 1.07 bits per heavy atom. The van der Waals surface area contributed by atoms with E-state index in [-0.39, 0.29) is 17.2 Å². The normalized spacial score (nSPS) is 16.1. The van der Waals surface area contributed by atoms with Crippen molar-refractivity contribution >= 4 is 46.6 Å². The molecule has 0 saturated carbocycles. The van der Waals surface area contributed by atoms with E-state index in [2.05, 4.69) is 5.32 Å². The summed E-state index contributed by atoms with van der Waals surface area (Å²) < 4.78 is 0. The molecule has 4 rings (SSSR count). The monoisotopic (exact) mass is 422 g/mol. The third-order valence-corrected chi connectivity index (χ3v) is 6.26. The molecule has 3 aromatic rings. The lowest BCUT2D eigenvalue weighted by Crippen LogP contribution is -2.27. The van der Waals surface area contributed by atoms with Gasteiger partial charge in [-0.3, -0.25) is 14.5 Å². The number of thioether (sulfide) groups is 1. The Labute approximate surface area is 178 Å². The van der Waals surface area contributed by atoms with Crippen LogP contribution in [0.2, 0.25) is 5.02 Å². The number of carbonyl (C=O) groups is 2. The Balaban J connectivity index is 1.53. The van der Waals surface area contributed by atoms with Crippen molar-refractivity contribution in [1.82, 2.24) is 0 Å². The summed E-state index contributed by atoms with van der Waals surface area (Å²) in [5, 5.41) is 3.19. The lowest BCUT2D eigenvalue weighted by molar-refractivity contribution is -0.115. The van der Waals surface area contributed by atoms with E-state index in [1.807, 2.05) is 60.4 Å². The average Bonchev–Trinajstić information content (AvgIpc) is 3.10. The zero-order valence-corrected chi connectivity index (χ0v) is 17.3. The summed E-state index contributed by atoms with van der Waals surface area (Å²) in [6.07, 6.45) is 0. The second kappa shape index (κ2) is 8.31. The van der Waals surface area contributed by atoms with Crippen molar-refractivity contribution in [3.8, 4) is 0 Å². The minimum Gasteiger partial charge on any atom is -0.322 e. The Morgan fingerprint density at radius 3 is 2.55 bits per heavy atom. The highest BCUT2D eigenvalue weighted by Gasteiger charge is 2.34. The molecule has 1 N–H and O–H groups in total. The van der Waals surface area contributed by atoms with Crippen molar-refractivity contribution in [2.75, 3.05) is 16.0 Å². The van der Waals surface area contributed by atoms with Crippen LogP contribution < -0.4 is 10.2 Å². The Morgan fingerprint density at radius 2 is 1.83 bits per heavy atom. The van der Waals surface area contributed by atoms with E-state index in [0.29, 0.717) is 22.0 Å². The van der Waals surface area contributed by atoms with Crippen molar-refractivity contribution in [3.63, 3.8) is 0 Å². The van der Waals surface area contributed by atoms with Crippen molar-refractivity contribution in [1.29, 1.82) is 0 Å². The van der Waals surface area contributed by atoms with Crippen LogP contribution in [-0.4, -0.2) is 17.6 Å². The maximum atomic E-state index is 12.5. The van der Waals surface area contributed by atoms with Crippen LogP contribution in [0.25, 0.3) is 0 Å². The summed E-state index contributed by atoms with van der Waals surface area (Å²) in [6.45, 7) is 2.02. The van der Waals surface area contributed by atoms with Gasteiger partial charge in [0.1, 0.15) is 5.37 Å². The van der Waals surface area contributed by atoms with Crippen LogP contribution in [0, 0.1) is 6.92 Å². The van der Waals surface area contributed by atoms with E-state index in [1.54, 1.807) is 36.0 Å². The lowest BCUT2D eigenvalue weighted by atomic mass is 10.1. The number of carbonyl (C=O) groups excluding carboxylic acids is 2. The third kappa shape index (κ3) is 4.16. The third-order valence-electron chi connectivity index (χ3n) is 4.72. The van der Waals surface area contributed by atoms with E-state index in [9.17, 15) is 9.59 Å². The highest BCUT2D eigenvalue weighted by molar-refractivity contribution is 8.00. The number of hydrogen-bond acceptors (Lipinski definition) is 3. The summed E-state index contributed by atoms with van der Waals surface area (Å²) in [7, 11) is 0. The second-order valence-corrected chi connectivity index (χ2v) is 8.30. The summed E-state index contributed by atoms with van der Waals surface area (Å²) in [6, 6.07) is 22.5. The molecular weight excluding hydrogens is 404 g/mol. The van der Waals surface area contributed by atoms with Gasteiger partial charge < -0.3 is 5.32 Å². The fourth-order valence-electron chi connectivity index (χ4n) is 3.30. The quantitative estimate of drug-likeness (QED) is 0.588. The highest BCUT2D eigenvalue weighted by atomic mass is 35.5. The van der Waals surface area contributed by atoms with Gasteiger partial charge in [0, 0.05) is 11.4 Å². The molecule has 2 amide bonds. The molecule has 0 unspecified atom stereocenters. The molecule has 1 saturated heterocycles. The molecule has 4 nitrogen and oxygen atoms in total. The zero-order chi connectivity index (χ0) is 20.4. The van der Waals surface area contributed by atoms with Crippen molar-refractivity contribution in [3.05, 3.63) is 94.5 Å². The van der Waals surface area contributed by atoms with E-state index >= 15 is 0 Å². The lowest BCUT2D eigenvalue weighted by Gasteiger charge is -2.25. The van der Waals surface area contributed by atoms with Gasteiger partial charge in [-0.25, -0.2) is 0 Å². The maximum Gasteiger partial charge on any atom is 0.257 e. The first-order valence-electron chi connectivity index (χ1n) is 9.19. The predicted octanol–water partition coefficient (Wildman–Crippen LogP) is 5.68. The molecule has 1 aliphatic heterocycles. The number of nitrogens with one attached hydrogen (secondary N) is 1. The molecular formula is C23H19ClN2O2S. The van der Waals surface area contributed by atoms with Crippen molar-refractivity contribution in [2.45, 2.75) is 12.3 Å². The number of hydrogen-bond donors (Lipinski definition) is 1. The number of amides is 2. The molecule has 3 aromatic carbocycles. The van der Waals surface area contributed by atoms with Gasteiger partial charge in [0.25, 0.3) is 5.91 Å². The summed E-state index contributed by atoms with van der Waals surface area (Å²) >= 11 is 7.70. The molecule has 1 aliphatic rings. The largest absolute Gasteiger partial charge is 0.322 e. The molecule has 0 aliphatic carbocycles. The molecule has 0 spiro atoms. The topological polar surface area (TPSA) is 49.4 Å². The van der Waals surface area contributed by atoms with Crippen LogP contribution in [-0.2, 0) is 4.79 Å². The number of nitrogens with zero attached hydrogens (tertiary/aromatic N) is 1. The molecule has 6 heteroatoms. The molecule has 0 aromatic heterocycles. The SMILES string of the molecule is Cc1cccc(N2C(=O)CS[C@@H]2c2ccc(NC(=O)c3ccccc3Cl)cc2)c1. The minimum atomic E-state index is -0.254. The van der Waals surface area contributed by atoms with Gasteiger partial charge in [-0.2, -0.15) is 0 Å². The number of aryl methyl sites for hydroxylation is 1. The number of rotatable bonds is 4. The number of anilines is 2. The van der Waals surface area contributed by atoms with Gasteiger partial charge in [-0.1, -0.05) is 48.0 Å². The first kappa shape index (κ1) is 19.6. The van der Waals surface area contributed by atoms with Crippen LogP contribution in [0.5, 0.6) is 0 Å². The highest BCUT2D eigenvalue weighted by Crippen LogP contribution is 2.42. The summed E-state index contributed by atoms with van der Waals surface area (Å²) in [5.41, 5.74) is 4.14. The van der Waals surface area contributed by atoms with Crippen molar-refractivity contribution in [2.24, 2.45) is 0 Å². The fourth-order valence-corrected chi connectivity index (χ4v) is 4.70. The van der Waals surface area contributed by atoms with E-state index < -0.39 is 0 Å². The standard InChI is InChI=1S/C23H19ClN2O2S/c1-15-5-4-6-18(13-15)26-21(27)14-29-23(26)16-9-11-17(12-10-16)25-22(28)19-7-2-3-8-20(19)24/h2-13,23H,14H2,1H3,(H,25,28)/t23-/m1/s1. The van der Waals surface area contributed by atoms with E-state index in [1.165, 1.54) is 0 Å². The molecule has 1 atom stereocenters. The van der Waals surface area contributed by atoms with Gasteiger partial charge in [0.2, 0.25) is 5.91 Å². The number of halogens is 1. The smallest absolute Gasteiger partial charge is 0.257 e. The zero-order valence-electron chi connectivity index (χ0n) is 15.8. The van der Waals surface area contributed by atoms with Gasteiger partial charge >= 0.3 is 0 Å². The minimum absolute atomic E-state index is 0.0855. The number of benzene rings is 3. The molecule has 1 fully saturated rings. The molecule has 1 heterocycles. The molecule has 29 heavy (non-hydrogen) atoms. The maximum absolute atomic E-state index is 12.5. The van der Waals surface area contributed by atoms with Crippen LogP contribution in [0.3, 0.4) is 0 Å².